The van der Waals surface area contributed by atoms with Gasteiger partial charge in [0, 0.05) is 23.9 Å². The number of benzene rings is 1. The highest BCUT2D eigenvalue weighted by molar-refractivity contribution is 6.36. The SMILES string of the molecule is C[C@@]1(c2cc(NC(=O)c3ncc(Cl)cc3Cl)ccc2F)C[C@@H](C(F)(F)F)OC(N)=N1. The molecule has 0 aliphatic carbocycles. The highest BCUT2D eigenvalue weighted by Crippen LogP contribution is 2.41. The van der Waals surface area contributed by atoms with Gasteiger partial charge in [0.1, 0.15) is 11.5 Å². The number of ether oxygens (including phenoxy) is 1. The first kappa shape index (κ1) is 22.1. The molecule has 3 rings (SSSR count). The Kier molecular flexibility index (Phi) is 5.83. The van der Waals surface area contributed by atoms with E-state index in [2.05, 4.69) is 20.0 Å². The molecule has 0 spiro atoms. The molecular weight excluding hydrogens is 451 g/mol. The van der Waals surface area contributed by atoms with Crippen molar-refractivity contribution in [2.75, 3.05) is 5.32 Å². The number of carbonyl (C=O) groups excluding carboxylic acids is 1. The van der Waals surface area contributed by atoms with Gasteiger partial charge in [0.2, 0.25) is 0 Å². The second-order valence-corrected chi connectivity index (χ2v) is 7.55. The van der Waals surface area contributed by atoms with E-state index >= 15 is 0 Å². The third kappa shape index (κ3) is 4.59. The number of hydrogen-bond donors (Lipinski definition) is 2. The van der Waals surface area contributed by atoms with Crippen LogP contribution in [0.1, 0.15) is 29.4 Å². The quantitative estimate of drug-likeness (QED) is 0.646. The van der Waals surface area contributed by atoms with Crippen LogP contribution in [0.5, 0.6) is 0 Å². The molecule has 1 aromatic carbocycles. The molecule has 2 heterocycles. The number of hydrogen-bond acceptors (Lipinski definition) is 5. The average molecular weight is 465 g/mol. The number of nitrogens with one attached hydrogen (secondary N) is 1. The molecule has 0 saturated heterocycles. The Morgan fingerprint density at radius 2 is 2.03 bits per heavy atom. The predicted molar refractivity (Wildman–Crippen MR) is 103 cm³/mol. The van der Waals surface area contributed by atoms with E-state index in [9.17, 15) is 22.4 Å². The standard InChI is InChI=1S/C18H14Cl2F4N4O2/c1-17(6-13(18(22,23)24)30-16(25)28-17)10-5-9(2-3-12(10)21)27-15(29)14-11(20)4-8(19)7-26-14/h2-5,7,13H,6H2,1H3,(H2,25,28)(H,27,29)/t13-,17-/m0/s1. The van der Waals surface area contributed by atoms with E-state index in [1.54, 1.807) is 0 Å². The molecule has 3 N–H and O–H groups in total. The summed E-state index contributed by atoms with van der Waals surface area (Å²) in [6, 6.07) is 4.01. The molecule has 12 heteroatoms. The van der Waals surface area contributed by atoms with Crippen molar-refractivity contribution in [2.24, 2.45) is 10.7 Å². The number of rotatable bonds is 3. The van der Waals surface area contributed by atoms with Crippen molar-refractivity contribution in [3.8, 4) is 0 Å². The number of anilines is 1. The molecule has 30 heavy (non-hydrogen) atoms. The summed E-state index contributed by atoms with van der Waals surface area (Å²) in [6.45, 7) is 1.29. The summed E-state index contributed by atoms with van der Waals surface area (Å²) in [7, 11) is 0. The van der Waals surface area contributed by atoms with Gasteiger partial charge in [0.25, 0.3) is 11.9 Å². The smallest absolute Gasteiger partial charge is 0.425 e. The van der Waals surface area contributed by atoms with Gasteiger partial charge in [0.05, 0.1) is 15.6 Å². The Bertz CT molecular complexity index is 1030. The monoisotopic (exact) mass is 464 g/mol. The lowest BCUT2D eigenvalue weighted by molar-refractivity contribution is -0.208. The van der Waals surface area contributed by atoms with Gasteiger partial charge in [-0.15, -0.1) is 0 Å². The van der Waals surface area contributed by atoms with E-state index in [0.717, 1.165) is 6.07 Å². The lowest BCUT2D eigenvalue weighted by atomic mass is 9.85. The first-order valence-corrected chi connectivity index (χ1v) is 9.16. The van der Waals surface area contributed by atoms with Gasteiger partial charge >= 0.3 is 6.18 Å². The molecule has 6 nitrogen and oxygen atoms in total. The van der Waals surface area contributed by atoms with Gasteiger partial charge in [-0.1, -0.05) is 23.2 Å². The average Bonchev–Trinajstić information content (AvgIpc) is 2.61. The number of aromatic nitrogens is 1. The van der Waals surface area contributed by atoms with Crippen LogP contribution in [0.25, 0.3) is 0 Å². The van der Waals surface area contributed by atoms with Crippen LogP contribution >= 0.6 is 23.2 Å². The Morgan fingerprint density at radius 1 is 1.33 bits per heavy atom. The predicted octanol–water partition coefficient (Wildman–Crippen LogP) is 4.66. The maximum atomic E-state index is 14.5. The summed E-state index contributed by atoms with van der Waals surface area (Å²) in [6.07, 6.45) is -6.46. The van der Waals surface area contributed by atoms with E-state index in [4.69, 9.17) is 28.9 Å². The fraction of sp³-hybridized carbons (Fsp3) is 0.278. The van der Waals surface area contributed by atoms with Crippen molar-refractivity contribution in [1.82, 2.24) is 4.98 Å². The number of carbonyl (C=O) groups is 1. The highest BCUT2D eigenvalue weighted by Gasteiger charge is 2.50. The van der Waals surface area contributed by atoms with Crippen LogP contribution in [0.3, 0.4) is 0 Å². The molecule has 1 aliphatic heterocycles. The molecule has 1 amide bonds. The number of aliphatic imine (C=N–C) groups is 1. The zero-order valence-corrected chi connectivity index (χ0v) is 16.7. The first-order valence-electron chi connectivity index (χ1n) is 8.40. The molecule has 160 valence electrons. The van der Waals surface area contributed by atoms with Crippen LogP contribution in [-0.4, -0.2) is 29.2 Å². The minimum absolute atomic E-state index is 0.0101. The third-order valence-corrected chi connectivity index (χ3v) is 4.89. The van der Waals surface area contributed by atoms with Gasteiger partial charge in [-0.05, 0) is 31.2 Å². The highest BCUT2D eigenvalue weighted by atomic mass is 35.5. The molecule has 0 saturated carbocycles. The van der Waals surface area contributed by atoms with Crippen molar-refractivity contribution in [3.63, 3.8) is 0 Å². The fourth-order valence-corrected chi connectivity index (χ4v) is 3.47. The Balaban J connectivity index is 1.93. The van der Waals surface area contributed by atoms with Crippen LogP contribution in [-0.2, 0) is 10.3 Å². The molecule has 1 aliphatic rings. The van der Waals surface area contributed by atoms with Crippen molar-refractivity contribution in [2.45, 2.75) is 31.2 Å². The number of nitrogens with two attached hydrogens (primary N) is 1. The van der Waals surface area contributed by atoms with E-state index in [1.807, 2.05) is 0 Å². The van der Waals surface area contributed by atoms with Crippen LogP contribution < -0.4 is 11.1 Å². The van der Waals surface area contributed by atoms with Gasteiger partial charge in [-0.3, -0.25) is 4.79 Å². The number of pyridine rings is 1. The Hall–Kier alpha value is -2.59. The fourth-order valence-electron chi connectivity index (χ4n) is 3.00. The molecule has 2 aromatic rings. The molecule has 0 unspecified atom stereocenters. The van der Waals surface area contributed by atoms with Crippen molar-refractivity contribution in [1.29, 1.82) is 0 Å². The maximum Gasteiger partial charge on any atom is 0.425 e. The molecule has 1 aromatic heterocycles. The van der Waals surface area contributed by atoms with Crippen LogP contribution in [0.4, 0.5) is 23.2 Å². The largest absolute Gasteiger partial charge is 0.452 e. The molecule has 0 bridgehead atoms. The summed E-state index contributed by atoms with van der Waals surface area (Å²) in [5.41, 5.74) is 3.49. The second-order valence-electron chi connectivity index (χ2n) is 6.71. The zero-order chi connectivity index (χ0) is 22.3. The number of alkyl halides is 3. The van der Waals surface area contributed by atoms with E-state index < -0.39 is 42.0 Å². The summed E-state index contributed by atoms with van der Waals surface area (Å²) in [4.78, 5) is 20.1. The van der Waals surface area contributed by atoms with Crippen molar-refractivity contribution < 1.29 is 27.1 Å². The molecule has 2 atom stereocenters. The van der Waals surface area contributed by atoms with Gasteiger partial charge in [0.15, 0.2) is 6.10 Å². The molecule has 0 fully saturated rings. The van der Waals surface area contributed by atoms with E-state index in [1.165, 1.54) is 31.3 Å². The number of halogens is 6. The summed E-state index contributed by atoms with van der Waals surface area (Å²) < 4.78 is 58.6. The Labute approximate surface area is 178 Å². The van der Waals surface area contributed by atoms with Gasteiger partial charge in [-0.2, -0.15) is 13.2 Å². The minimum Gasteiger partial charge on any atom is -0.452 e. The lowest BCUT2D eigenvalue weighted by Gasteiger charge is -2.36. The van der Waals surface area contributed by atoms with E-state index in [-0.39, 0.29) is 27.0 Å². The zero-order valence-electron chi connectivity index (χ0n) is 15.2. The van der Waals surface area contributed by atoms with Gasteiger partial charge < -0.3 is 15.8 Å². The van der Waals surface area contributed by atoms with Crippen LogP contribution in [0.2, 0.25) is 10.0 Å². The van der Waals surface area contributed by atoms with E-state index in [0.29, 0.717) is 0 Å². The summed E-state index contributed by atoms with van der Waals surface area (Å²) in [5.74, 6) is -1.54. The second kappa shape index (κ2) is 7.92. The first-order chi connectivity index (χ1) is 13.9. The Morgan fingerprint density at radius 3 is 2.67 bits per heavy atom. The third-order valence-electron chi connectivity index (χ3n) is 4.40. The normalized spacial score (nSPS) is 21.6. The lowest BCUT2D eigenvalue weighted by Crippen LogP contribution is -2.46. The summed E-state index contributed by atoms with van der Waals surface area (Å²) >= 11 is 11.7. The number of amides is 1. The molecular formula is C18H14Cl2F4N4O2. The summed E-state index contributed by atoms with van der Waals surface area (Å²) in [5, 5.41) is 2.68. The maximum absolute atomic E-state index is 14.5. The topological polar surface area (TPSA) is 89.6 Å². The van der Waals surface area contributed by atoms with Crippen molar-refractivity contribution in [3.05, 3.63) is 57.6 Å². The van der Waals surface area contributed by atoms with Crippen molar-refractivity contribution >= 4 is 40.8 Å². The van der Waals surface area contributed by atoms with Crippen LogP contribution in [0.15, 0.2) is 35.5 Å². The number of amidine groups is 1. The van der Waals surface area contributed by atoms with Gasteiger partial charge in [-0.25, -0.2) is 14.4 Å². The molecule has 0 radical (unpaired) electrons. The minimum atomic E-state index is -4.72. The number of nitrogens with zero attached hydrogens (tertiary/aromatic N) is 2. The van der Waals surface area contributed by atoms with Crippen LogP contribution in [0, 0.1) is 5.82 Å².